The van der Waals surface area contributed by atoms with Gasteiger partial charge in [0.1, 0.15) is 12.1 Å². The first kappa shape index (κ1) is 22.6. The smallest absolute Gasteiger partial charge is 0.325 e. The van der Waals surface area contributed by atoms with Crippen molar-refractivity contribution in [3.63, 3.8) is 0 Å². The maximum atomic E-state index is 12.9. The van der Waals surface area contributed by atoms with Crippen molar-refractivity contribution < 1.29 is 23.9 Å². The number of halogens is 1. The molecule has 1 saturated heterocycles. The number of imide groups is 1. The molecule has 9 heteroatoms. The van der Waals surface area contributed by atoms with E-state index in [1.165, 1.54) is 0 Å². The summed E-state index contributed by atoms with van der Waals surface area (Å²) < 4.78 is 11.3. The van der Waals surface area contributed by atoms with Gasteiger partial charge in [0.25, 0.3) is 5.91 Å². The van der Waals surface area contributed by atoms with Gasteiger partial charge in [0.05, 0.1) is 14.2 Å². The first-order chi connectivity index (χ1) is 14.8. The molecule has 0 bridgehead atoms. The molecule has 2 N–H and O–H groups in total. The summed E-state index contributed by atoms with van der Waals surface area (Å²) in [5.41, 5.74) is 0.368. The minimum atomic E-state index is -1.22. The van der Waals surface area contributed by atoms with Gasteiger partial charge in [-0.25, -0.2) is 4.79 Å². The lowest BCUT2D eigenvalue weighted by atomic mass is 9.92. The third kappa shape index (κ3) is 4.82. The van der Waals surface area contributed by atoms with Crippen molar-refractivity contribution in [3.05, 3.63) is 58.1 Å². The number of amides is 4. The van der Waals surface area contributed by atoms with Crippen LogP contribution in [-0.2, 0) is 21.5 Å². The van der Waals surface area contributed by atoms with Gasteiger partial charge < -0.3 is 20.1 Å². The van der Waals surface area contributed by atoms with Crippen molar-refractivity contribution in [1.82, 2.24) is 15.5 Å². The Balaban J connectivity index is 1.58. The van der Waals surface area contributed by atoms with Crippen LogP contribution in [0.5, 0.6) is 11.5 Å². The van der Waals surface area contributed by atoms with E-state index in [0.717, 1.165) is 14.9 Å². The van der Waals surface area contributed by atoms with Crippen LogP contribution in [0.15, 0.2) is 46.9 Å². The number of benzene rings is 2. The van der Waals surface area contributed by atoms with Crippen molar-refractivity contribution in [2.75, 3.05) is 27.3 Å². The Hall–Kier alpha value is -3.07. The number of ether oxygens (including phenoxy) is 2. The zero-order valence-electron chi connectivity index (χ0n) is 17.5. The summed E-state index contributed by atoms with van der Waals surface area (Å²) in [6.07, 6.45) is 0.558. The number of rotatable bonds is 8. The maximum Gasteiger partial charge on any atom is 0.325 e. The van der Waals surface area contributed by atoms with Crippen LogP contribution in [0.2, 0.25) is 0 Å². The summed E-state index contributed by atoms with van der Waals surface area (Å²) in [5.74, 6) is 0.355. The standard InChI is InChI=1S/C22H24BrN3O5/c1-22(15-5-4-6-16(23)12-15)20(28)26(21(29)25-22)13-19(27)24-10-9-14-7-8-17(30-2)18(11-14)31-3/h4-8,11-12H,9-10,13H2,1-3H3,(H,24,27)(H,25,29)/t22-/m0/s1. The predicted molar refractivity (Wildman–Crippen MR) is 118 cm³/mol. The van der Waals surface area contributed by atoms with E-state index in [1.54, 1.807) is 45.4 Å². The van der Waals surface area contributed by atoms with Gasteiger partial charge in [-0.1, -0.05) is 34.1 Å². The molecule has 4 amide bonds. The summed E-state index contributed by atoms with van der Waals surface area (Å²) in [6.45, 7) is 1.63. The summed E-state index contributed by atoms with van der Waals surface area (Å²) in [4.78, 5) is 38.6. The number of methoxy groups -OCH3 is 2. The average Bonchev–Trinajstić information content (AvgIpc) is 2.97. The molecule has 164 valence electrons. The van der Waals surface area contributed by atoms with Crippen molar-refractivity contribution in [2.45, 2.75) is 18.9 Å². The fraction of sp³-hybridized carbons (Fsp3) is 0.318. The Kier molecular flexibility index (Phi) is 6.84. The summed E-state index contributed by atoms with van der Waals surface area (Å²) >= 11 is 3.37. The van der Waals surface area contributed by atoms with Crippen LogP contribution in [0.1, 0.15) is 18.1 Å². The molecular formula is C22H24BrN3O5. The van der Waals surface area contributed by atoms with Gasteiger partial charge in [-0.2, -0.15) is 0 Å². The maximum absolute atomic E-state index is 12.9. The quantitative estimate of drug-likeness (QED) is 0.555. The molecule has 0 saturated carbocycles. The fourth-order valence-electron chi connectivity index (χ4n) is 3.42. The molecule has 31 heavy (non-hydrogen) atoms. The third-order valence-electron chi connectivity index (χ3n) is 5.16. The van der Waals surface area contributed by atoms with E-state index in [4.69, 9.17) is 9.47 Å². The van der Waals surface area contributed by atoms with Gasteiger partial charge >= 0.3 is 6.03 Å². The molecular weight excluding hydrogens is 466 g/mol. The minimum absolute atomic E-state index is 0.347. The van der Waals surface area contributed by atoms with Crippen LogP contribution < -0.4 is 20.1 Å². The second-order valence-electron chi connectivity index (χ2n) is 7.25. The Labute approximate surface area is 189 Å². The number of nitrogens with zero attached hydrogens (tertiary/aromatic N) is 1. The van der Waals surface area contributed by atoms with Crippen molar-refractivity contribution >= 4 is 33.8 Å². The largest absolute Gasteiger partial charge is 0.493 e. The van der Waals surface area contributed by atoms with E-state index in [1.807, 2.05) is 18.2 Å². The molecule has 0 aliphatic carbocycles. The van der Waals surface area contributed by atoms with Crippen LogP contribution in [0.25, 0.3) is 0 Å². The van der Waals surface area contributed by atoms with Crippen molar-refractivity contribution in [2.24, 2.45) is 0 Å². The summed E-state index contributed by atoms with van der Waals surface area (Å²) in [7, 11) is 3.12. The monoisotopic (exact) mass is 489 g/mol. The first-order valence-corrected chi connectivity index (χ1v) is 10.5. The number of carbonyl (C=O) groups excluding carboxylic acids is 3. The zero-order valence-corrected chi connectivity index (χ0v) is 19.1. The number of hydrogen-bond acceptors (Lipinski definition) is 5. The highest BCUT2D eigenvalue weighted by Gasteiger charge is 2.49. The Bertz CT molecular complexity index is 1010. The van der Waals surface area contributed by atoms with Gasteiger partial charge in [0, 0.05) is 11.0 Å². The van der Waals surface area contributed by atoms with E-state index >= 15 is 0 Å². The minimum Gasteiger partial charge on any atom is -0.493 e. The second kappa shape index (κ2) is 9.38. The van der Waals surface area contributed by atoms with Gasteiger partial charge in [-0.15, -0.1) is 0 Å². The van der Waals surface area contributed by atoms with Gasteiger partial charge in [-0.05, 0) is 48.7 Å². The van der Waals surface area contributed by atoms with E-state index in [9.17, 15) is 14.4 Å². The van der Waals surface area contributed by atoms with Crippen molar-refractivity contribution in [1.29, 1.82) is 0 Å². The molecule has 1 fully saturated rings. The molecule has 2 aromatic carbocycles. The van der Waals surface area contributed by atoms with Gasteiger partial charge in [-0.3, -0.25) is 14.5 Å². The van der Waals surface area contributed by atoms with E-state index in [0.29, 0.717) is 30.0 Å². The molecule has 1 aliphatic heterocycles. The molecule has 1 aliphatic rings. The van der Waals surface area contributed by atoms with Crippen LogP contribution in [0.4, 0.5) is 4.79 Å². The Morgan fingerprint density at radius 1 is 1.13 bits per heavy atom. The van der Waals surface area contributed by atoms with Crippen molar-refractivity contribution in [3.8, 4) is 11.5 Å². The molecule has 0 unspecified atom stereocenters. The Morgan fingerprint density at radius 3 is 2.55 bits per heavy atom. The lowest BCUT2D eigenvalue weighted by Crippen LogP contribution is -2.43. The molecule has 3 rings (SSSR count). The lowest BCUT2D eigenvalue weighted by Gasteiger charge is -2.22. The molecule has 2 aromatic rings. The SMILES string of the molecule is COc1ccc(CCNC(=O)CN2C(=O)N[C@@](C)(c3cccc(Br)c3)C2=O)cc1OC. The topological polar surface area (TPSA) is 97.0 Å². The van der Waals surface area contributed by atoms with Crippen LogP contribution >= 0.6 is 15.9 Å². The van der Waals surface area contributed by atoms with Gasteiger partial charge in [0.2, 0.25) is 5.91 Å². The third-order valence-corrected chi connectivity index (χ3v) is 5.66. The van der Waals surface area contributed by atoms with Crippen LogP contribution in [-0.4, -0.2) is 50.1 Å². The normalized spacial score (nSPS) is 18.0. The molecule has 0 aromatic heterocycles. The lowest BCUT2D eigenvalue weighted by molar-refractivity contribution is -0.134. The molecule has 8 nitrogen and oxygen atoms in total. The highest BCUT2D eigenvalue weighted by molar-refractivity contribution is 9.10. The highest BCUT2D eigenvalue weighted by Crippen LogP contribution is 2.30. The van der Waals surface area contributed by atoms with E-state index in [2.05, 4.69) is 26.6 Å². The predicted octanol–water partition coefficient (Wildman–Crippen LogP) is 2.59. The van der Waals surface area contributed by atoms with E-state index in [-0.39, 0.29) is 6.54 Å². The highest BCUT2D eigenvalue weighted by atomic mass is 79.9. The molecule has 1 atom stereocenters. The van der Waals surface area contributed by atoms with Crippen LogP contribution in [0, 0.1) is 0 Å². The number of urea groups is 1. The molecule has 0 radical (unpaired) electrons. The van der Waals surface area contributed by atoms with Crippen LogP contribution in [0.3, 0.4) is 0 Å². The van der Waals surface area contributed by atoms with E-state index < -0.39 is 23.4 Å². The van der Waals surface area contributed by atoms with Gasteiger partial charge in [0.15, 0.2) is 11.5 Å². The molecule has 0 spiro atoms. The summed E-state index contributed by atoms with van der Waals surface area (Å²) in [6, 6.07) is 12.1. The second-order valence-corrected chi connectivity index (χ2v) is 8.16. The number of carbonyl (C=O) groups is 3. The summed E-state index contributed by atoms with van der Waals surface area (Å²) in [5, 5.41) is 5.44. The number of nitrogens with one attached hydrogen (secondary N) is 2. The Morgan fingerprint density at radius 2 is 1.87 bits per heavy atom. The first-order valence-electron chi connectivity index (χ1n) is 9.66. The fourth-order valence-corrected chi connectivity index (χ4v) is 3.82. The average molecular weight is 490 g/mol. The number of hydrogen-bond donors (Lipinski definition) is 2. The zero-order chi connectivity index (χ0) is 22.6. The molecule has 1 heterocycles.